The van der Waals surface area contributed by atoms with E-state index in [1.54, 1.807) is 0 Å². The van der Waals surface area contributed by atoms with Crippen molar-refractivity contribution in [2.24, 2.45) is 5.73 Å². The molecule has 3 N–H and O–H groups in total. The van der Waals surface area contributed by atoms with Crippen LogP contribution in [0.4, 0.5) is 0 Å². The molecular formula is C10H23N2O3+. The molecule has 5 nitrogen and oxygen atoms in total. The van der Waals surface area contributed by atoms with Gasteiger partial charge in [0.15, 0.2) is 0 Å². The summed E-state index contributed by atoms with van der Waals surface area (Å²) in [6, 6.07) is 0. The van der Waals surface area contributed by atoms with Gasteiger partial charge < -0.3 is 20.1 Å². The Morgan fingerprint density at radius 2 is 2.07 bits per heavy atom. The van der Waals surface area contributed by atoms with Crippen LogP contribution in [0.5, 0.6) is 0 Å². The lowest BCUT2D eigenvalue weighted by Crippen LogP contribution is -2.43. The predicted molar refractivity (Wildman–Crippen MR) is 58.6 cm³/mol. The molecule has 0 aliphatic carbocycles. The molecular weight excluding hydrogens is 196 g/mol. The summed E-state index contributed by atoms with van der Waals surface area (Å²) in [5.41, 5.74) is 5.34. The Balaban J connectivity index is 4.01. The average molecular weight is 219 g/mol. The van der Waals surface area contributed by atoms with E-state index in [9.17, 15) is 4.79 Å². The third-order valence-electron chi connectivity index (χ3n) is 1.86. The first-order valence-corrected chi connectivity index (χ1v) is 5.19. The van der Waals surface area contributed by atoms with Gasteiger partial charge in [-0.25, -0.2) is 0 Å². The third kappa shape index (κ3) is 9.65. The summed E-state index contributed by atoms with van der Waals surface area (Å²) < 4.78 is 6.19. The van der Waals surface area contributed by atoms with E-state index < -0.39 is 5.97 Å². The highest BCUT2D eigenvalue weighted by Crippen LogP contribution is 2.05. The van der Waals surface area contributed by atoms with Gasteiger partial charge in [-0.05, 0) is 13.0 Å². The van der Waals surface area contributed by atoms with E-state index in [0.717, 1.165) is 6.42 Å². The summed E-state index contributed by atoms with van der Waals surface area (Å²) in [5, 5.41) is 8.73. The number of nitrogens with zero attached hydrogens (tertiary/aromatic N) is 1. The van der Waals surface area contributed by atoms with Crippen molar-refractivity contribution in [1.82, 2.24) is 0 Å². The molecule has 0 spiro atoms. The molecule has 0 radical (unpaired) electrons. The molecule has 0 aliphatic heterocycles. The number of quaternary nitrogens is 1. The number of likely N-dealkylation sites (N-methyl/N-ethyl adjacent to an activating group) is 1. The second-order valence-corrected chi connectivity index (χ2v) is 4.71. The maximum atomic E-state index is 10.6. The minimum atomic E-state index is -0.818. The first-order valence-electron chi connectivity index (χ1n) is 5.19. The summed E-state index contributed by atoms with van der Waals surface area (Å²) >= 11 is 0. The van der Waals surface area contributed by atoms with Crippen molar-refractivity contribution in [1.29, 1.82) is 0 Å². The zero-order valence-corrected chi connectivity index (χ0v) is 9.90. The molecule has 90 valence electrons. The number of hydrogen-bond acceptors (Lipinski definition) is 3. The van der Waals surface area contributed by atoms with Crippen LogP contribution in [0.15, 0.2) is 0 Å². The van der Waals surface area contributed by atoms with Gasteiger partial charge in [-0.3, -0.25) is 4.79 Å². The zero-order valence-electron chi connectivity index (χ0n) is 9.90. The summed E-state index contributed by atoms with van der Waals surface area (Å²) in [6.45, 7) is 1.80. The third-order valence-corrected chi connectivity index (χ3v) is 1.86. The molecule has 0 aromatic carbocycles. The van der Waals surface area contributed by atoms with Gasteiger partial charge in [0.05, 0.1) is 27.6 Å². The van der Waals surface area contributed by atoms with Crippen LogP contribution in [-0.2, 0) is 9.53 Å². The highest BCUT2D eigenvalue weighted by atomic mass is 16.5. The Bertz CT molecular complexity index is 190. The first kappa shape index (κ1) is 14.3. The lowest BCUT2D eigenvalue weighted by atomic mass is 10.2. The lowest BCUT2D eigenvalue weighted by Gasteiger charge is -2.28. The topological polar surface area (TPSA) is 72.5 Å². The summed E-state index contributed by atoms with van der Waals surface area (Å²) in [6.07, 6.45) is 0.599. The van der Waals surface area contributed by atoms with Crippen LogP contribution >= 0.6 is 0 Å². The molecule has 0 bridgehead atoms. The van der Waals surface area contributed by atoms with Crippen LogP contribution in [-0.4, -0.2) is 62.5 Å². The Morgan fingerprint density at radius 3 is 2.47 bits per heavy atom. The second-order valence-electron chi connectivity index (χ2n) is 4.71. The largest absolute Gasteiger partial charge is 0.481 e. The Morgan fingerprint density at radius 1 is 1.47 bits per heavy atom. The van der Waals surface area contributed by atoms with Gasteiger partial charge in [0, 0.05) is 6.61 Å². The Kier molecular flexibility index (Phi) is 6.47. The molecule has 5 heteroatoms. The van der Waals surface area contributed by atoms with E-state index in [2.05, 4.69) is 0 Å². The van der Waals surface area contributed by atoms with Crippen LogP contribution in [0.2, 0.25) is 0 Å². The Hall–Kier alpha value is -0.650. The molecule has 0 unspecified atom stereocenters. The zero-order chi connectivity index (χ0) is 11.9. The van der Waals surface area contributed by atoms with E-state index in [1.807, 2.05) is 21.1 Å². The summed E-state index contributed by atoms with van der Waals surface area (Å²) in [5.74, 6) is -0.818. The molecule has 1 atom stereocenters. The van der Waals surface area contributed by atoms with Crippen molar-refractivity contribution in [3.05, 3.63) is 0 Å². The standard InChI is InChI=1S/C10H22N2O3/c1-12(2,3)8-9(7-10(13)14)15-6-4-5-11/h9H,4-8,11H2,1-3H3/p+1/t9-/m1/s1. The van der Waals surface area contributed by atoms with Crippen molar-refractivity contribution >= 4 is 5.97 Å². The monoisotopic (exact) mass is 219 g/mol. The molecule has 0 aliphatic rings. The van der Waals surface area contributed by atoms with Crippen LogP contribution in [0.25, 0.3) is 0 Å². The minimum absolute atomic E-state index is 0.0556. The summed E-state index contributed by atoms with van der Waals surface area (Å²) in [4.78, 5) is 10.6. The van der Waals surface area contributed by atoms with Crippen molar-refractivity contribution in [2.75, 3.05) is 40.8 Å². The number of nitrogens with two attached hydrogens (primary N) is 1. The quantitative estimate of drug-likeness (QED) is 0.442. The van der Waals surface area contributed by atoms with Gasteiger partial charge in [-0.1, -0.05) is 0 Å². The van der Waals surface area contributed by atoms with Gasteiger partial charge in [0.2, 0.25) is 0 Å². The Labute approximate surface area is 91.4 Å². The fraction of sp³-hybridized carbons (Fsp3) is 0.900. The number of carbonyl (C=O) groups is 1. The molecule has 0 saturated carbocycles. The smallest absolute Gasteiger partial charge is 0.306 e. The molecule has 0 amide bonds. The van der Waals surface area contributed by atoms with Gasteiger partial charge >= 0.3 is 5.97 Å². The van der Waals surface area contributed by atoms with Crippen LogP contribution < -0.4 is 5.73 Å². The van der Waals surface area contributed by atoms with Gasteiger partial charge in [0.25, 0.3) is 0 Å². The van der Waals surface area contributed by atoms with Crippen molar-refractivity contribution in [3.63, 3.8) is 0 Å². The number of aliphatic carboxylic acids is 1. The second kappa shape index (κ2) is 6.76. The van der Waals surface area contributed by atoms with Crippen molar-refractivity contribution < 1.29 is 19.1 Å². The van der Waals surface area contributed by atoms with Crippen LogP contribution in [0.1, 0.15) is 12.8 Å². The molecule has 0 aromatic rings. The number of hydrogen-bond donors (Lipinski definition) is 2. The van der Waals surface area contributed by atoms with Crippen LogP contribution in [0.3, 0.4) is 0 Å². The molecule has 0 aromatic heterocycles. The maximum absolute atomic E-state index is 10.6. The number of rotatable bonds is 8. The molecule has 0 saturated heterocycles. The highest BCUT2D eigenvalue weighted by molar-refractivity contribution is 5.67. The predicted octanol–water partition coefficient (Wildman–Crippen LogP) is -0.0987. The first-order chi connectivity index (χ1) is 6.85. The lowest BCUT2D eigenvalue weighted by molar-refractivity contribution is -0.873. The minimum Gasteiger partial charge on any atom is -0.481 e. The SMILES string of the molecule is C[N+](C)(C)C[C@@H](CC(=O)O)OCCCN. The fourth-order valence-corrected chi connectivity index (χ4v) is 1.32. The van der Waals surface area contributed by atoms with E-state index in [0.29, 0.717) is 24.2 Å². The van der Waals surface area contributed by atoms with Crippen LogP contribution in [0, 0.1) is 0 Å². The van der Waals surface area contributed by atoms with E-state index in [-0.39, 0.29) is 12.5 Å². The van der Waals surface area contributed by atoms with Gasteiger partial charge in [0.1, 0.15) is 12.6 Å². The van der Waals surface area contributed by atoms with E-state index in [4.69, 9.17) is 15.6 Å². The van der Waals surface area contributed by atoms with Crippen molar-refractivity contribution in [2.45, 2.75) is 18.9 Å². The number of carboxylic acid groups (broad SMARTS) is 1. The van der Waals surface area contributed by atoms with E-state index >= 15 is 0 Å². The molecule has 15 heavy (non-hydrogen) atoms. The highest BCUT2D eigenvalue weighted by Gasteiger charge is 2.21. The van der Waals surface area contributed by atoms with E-state index in [1.165, 1.54) is 0 Å². The van der Waals surface area contributed by atoms with Gasteiger partial charge in [-0.15, -0.1) is 0 Å². The normalized spacial score (nSPS) is 13.9. The number of carboxylic acids is 1. The summed E-state index contributed by atoms with van der Waals surface area (Å²) in [7, 11) is 6.05. The van der Waals surface area contributed by atoms with Crippen molar-refractivity contribution in [3.8, 4) is 0 Å². The molecule has 0 fully saturated rings. The number of ether oxygens (including phenoxy) is 1. The molecule has 0 rings (SSSR count). The molecule has 0 heterocycles. The average Bonchev–Trinajstić information content (AvgIpc) is 2.00. The fourth-order valence-electron chi connectivity index (χ4n) is 1.32. The van der Waals surface area contributed by atoms with Gasteiger partial charge in [-0.2, -0.15) is 0 Å². The maximum Gasteiger partial charge on any atom is 0.306 e.